The molecule has 3 aromatic rings. The number of halogens is 3. The van der Waals surface area contributed by atoms with Crippen LogP contribution in [0.5, 0.6) is 0 Å². The van der Waals surface area contributed by atoms with Crippen molar-refractivity contribution in [2.75, 3.05) is 5.73 Å². The number of aryl methyl sites for hydroxylation is 2. The van der Waals surface area contributed by atoms with Gasteiger partial charge in [0.15, 0.2) is 0 Å². The zero-order valence-corrected chi connectivity index (χ0v) is 15.2. The number of hydrogen-bond donors (Lipinski definition) is 1. The summed E-state index contributed by atoms with van der Waals surface area (Å²) in [6.45, 7) is 4.05. The van der Waals surface area contributed by atoms with Gasteiger partial charge in [-0.1, -0.05) is 27.5 Å². The van der Waals surface area contributed by atoms with Crippen molar-refractivity contribution in [3.05, 3.63) is 43.3 Å². The Hall–Kier alpha value is -1.11. The van der Waals surface area contributed by atoms with E-state index in [-0.39, 0.29) is 0 Å². The second-order valence-corrected chi connectivity index (χ2v) is 6.89. The number of rotatable bonds is 1. The third-order valence-corrected chi connectivity index (χ3v) is 5.27. The van der Waals surface area contributed by atoms with Crippen LogP contribution in [-0.4, -0.2) is 15.0 Å². The van der Waals surface area contributed by atoms with Crippen LogP contribution in [0, 0.1) is 13.8 Å². The van der Waals surface area contributed by atoms with E-state index in [1.807, 2.05) is 19.9 Å². The molecule has 0 fully saturated rings. The molecule has 0 radical (unpaired) electrons. The Morgan fingerprint density at radius 2 is 1.81 bits per heavy atom. The van der Waals surface area contributed by atoms with Gasteiger partial charge in [-0.15, -0.1) is 10.2 Å². The topological polar surface area (TPSA) is 56.7 Å². The van der Waals surface area contributed by atoms with Crippen molar-refractivity contribution in [3.63, 3.8) is 0 Å². The fourth-order valence-corrected chi connectivity index (χ4v) is 3.36. The molecule has 2 N–H and O–H groups in total. The molecule has 7 heteroatoms. The van der Waals surface area contributed by atoms with Crippen LogP contribution in [-0.2, 0) is 0 Å². The van der Waals surface area contributed by atoms with Gasteiger partial charge in [-0.05, 0) is 59.1 Å². The minimum atomic E-state index is 0.463. The number of nitrogens with zero attached hydrogens (tertiary/aromatic N) is 3. The summed E-state index contributed by atoms with van der Waals surface area (Å²) < 4.78 is 1.73. The van der Waals surface area contributed by atoms with E-state index in [1.54, 1.807) is 10.9 Å². The summed E-state index contributed by atoms with van der Waals surface area (Å²) in [5, 5.41) is 9.48. The van der Waals surface area contributed by atoms with Gasteiger partial charge in [0.2, 0.25) is 0 Å². The molecule has 1 aromatic heterocycles. The average Bonchev–Trinajstić information content (AvgIpc) is 2.84. The molecular weight excluding hydrogens is 419 g/mol. The van der Waals surface area contributed by atoms with E-state index in [4.69, 9.17) is 17.3 Å². The number of benzene rings is 2. The third kappa shape index (κ3) is 2.45. The van der Waals surface area contributed by atoms with Gasteiger partial charge in [0, 0.05) is 4.47 Å². The minimum absolute atomic E-state index is 0.463. The zero-order chi connectivity index (χ0) is 15.3. The smallest absolute Gasteiger partial charge is 0.130 e. The summed E-state index contributed by atoms with van der Waals surface area (Å²) in [6.07, 6.45) is 0. The number of hydrogen-bond acceptors (Lipinski definition) is 3. The average molecular weight is 431 g/mol. The van der Waals surface area contributed by atoms with E-state index in [0.29, 0.717) is 26.2 Å². The molecule has 1 heterocycles. The van der Waals surface area contributed by atoms with Gasteiger partial charge < -0.3 is 5.73 Å². The predicted octanol–water partition coefficient (Wildman–Crippen LogP) is 4.80. The van der Waals surface area contributed by atoms with Gasteiger partial charge in [0.05, 0.1) is 20.9 Å². The van der Waals surface area contributed by atoms with Gasteiger partial charge in [0.1, 0.15) is 11.0 Å². The van der Waals surface area contributed by atoms with Gasteiger partial charge in [0.25, 0.3) is 0 Å². The van der Waals surface area contributed by atoms with Crippen LogP contribution < -0.4 is 5.73 Å². The fourth-order valence-electron chi connectivity index (χ4n) is 2.09. The third-order valence-electron chi connectivity index (χ3n) is 3.30. The van der Waals surface area contributed by atoms with Crippen molar-refractivity contribution < 1.29 is 0 Å². The lowest BCUT2D eigenvalue weighted by molar-refractivity contribution is 0.759. The first-order valence-corrected chi connectivity index (χ1v) is 8.12. The minimum Gasteiger partial charge on any atom is -0.397 e. The Morgan fingerprint density at radius 1 is 1.10 bits per heavy atom. The van der Waals surface area contributed by atoms with E-state index in [2.05, 4.69) is 48.1 Å². The molecule has 0 aliphatic heterocycles. The SMILES string of the molecule is Cc1cc(-n2nc3cc(Cl)c(N)c(Br)c3n2)c(C)cc1Br. The van der Waals surface area contributed by atoms with Crippen molar-refractivity contribution in [1.82, 2.24) is 15.0 Å². The standard InChI is InChI=1S/C14H11Br2ClN4/c1-6-4-11(7(2)3-8(6)15)21-19-10-5-9(17)13(18)12(16)14(10)20-21/h3-5H,18H2,1-2H3. The molecule has 0 bridgehead atoms. The van der Waals surface area contributed by atoms with Gasteiger partial charge in [-0.3, -0.25) is 0 Å². The van der Waals surface area contributed by atoms with E-state index in [0.717, 1.165) is 21.3 Å². The van der Waals surface area contributed by atoms with Crippen LogP contribution in [0.3, 0.4) is 0 Å². The Morgan fingerprint density at radius 3 is 2.52 bits per heavy atom. The molecule has 0 aliphatic carbocycles. The van der Waals surface area contributed by atoms with Crippen LogP contribution in [0.1, 0.15) is 11.1 Å². The summed E-state index contributed by atoms with van der Waals surface area (Å²) in [6, 6.07) is 5.81. The maximum absolute atomic E-state index is 6.09. The first kappa shape index (κ1) is 14.8. The first-order chi connectivity index (χ1) is 9.88. The summed E-state index contributed by atoms with van der Waals surface area (Å²) in [4.78, 5) is 1.61. The molecule has 0 saturated carbocycles. The van der Waals surface area contributed by atoms with Crippen LogP contribution in [0.15, 0.2) is 27.1 Å². The number of aromatic nitrogens is 3. The largest absolute Gasteiger partial charge is 0.397 e. The first-order valence-electron chi connectivity index (χ1n) is 6.16. The maximum atomic E-state index is 6.09. The van der Waals surface area contributed by atoms with E-state index in [9.17, 15) is 0 Å². The van der Waals surface area contributed by atoms with Crippen molar-refractivity contribution in [1.29, 1.82) is 0 Å². The number of fused-ring (bicyclic) bond motifs is 1. The Labute approximate surface area is 143 Å². The molecular formula is C14H11Br2ClN4. The second kappa shape index (κ2) is 5.26. The second-order valence-electron chi connectivity index (χ2n) is 4.83. The summed E-state index contributed by atoms with van der Waals surface area (Å²) in [7, 11) is 0. The highest BCUT2D eigenvalue weighted by Gasteiger charge is 2.15. The quantitative estimate of drug-likeness (QED) is 0.565. The highest BCUT2D eigenvalue weighted by molar-refractivity contribution is 9.11. The Balaban J connectivity index is 2.27. The van der Waals surface area contributed by atoms with Crippen molar-refractivity contribution in [2.45, 2.75) is 13.8 Å². The van der Waals surface area contributed by atoms with Crippen LogP contribution in [0.25, 0.3) is 16.7 Å². The highest BCUT2D eigenvalue weighted by Crippen LogP contribution is 2.34. The monoisotopic (exact) mass is 428 g/mol. The normalized spacial score (nSPS) is 11.3. The molecule has 2 aromatic carbocycles. The number of nitrogen functional groups attached to an aromatic ring is 1. The molecule has 0 unspecified atom stereocenters. The van der Waals surface area contributed by atoms with Gasteiger partial charge in [-0.2, -0.15) is 4.80 Å². The zero-order valence-electron chi connectivity index (χ0n) is 11.3. The molecule has 0 aliphatic rings. The van der Waals surface area contributed by atoms with Crippen molar-refractivity contribution in [3.8, 4) is 5.69 Å². The van der Waals surface area contributed by atoms with E-state index < -0.39 is 0 Å². The lowest BCUT2D eigenvalue weighted by atomic mass is 10.1. The van der Waals surface area contributed by atoms with E-state index >= 15 is 0 Å². The molecule has 0 atom stereocenters. The fraction of sp³-hybridized carbons (Fsp3) is 0.143. The lowest BCUT2D eigenvalue weighted by Gasteiger charge is -2.07. The maximum Gasteiger partial charge on any atom is 0.130 e. The predicted molar refractivity (Wildman–Crippen MR) is 93.2 cm³/mol. The molecule has 0 spiro atoms. The Bertz CT molecular complexity index is 873. The molecule has 0 amide bonds. The number of anilines is 1. The van der Waals surface area contributed by atoms with Crippen molar-refractivity contribution in [2.24, 2.45) is 0 Å². The summed E-state index contributed by atoms with van der Waals surface area (Å²) in [5.74, 6) is 0. The summed E-state index contributed by atoms with van der Waals surface area (Å²) >= 11 is 13.0. The number of nitrogens with two attached hydrogens (primary N) is 1. The Kier molecular flexibility index (Phi) is 3.71. The molecule has 0 saturated heterocycles. The molecule has 108 valence electrons. The molecule has 3 rings (SSSR count). The summed E-state index contributed by atoms with van der Waals surface area (Å²) in [5.41, 5.74) is 10.9. The van der Waals surface area contributed by atoms with Crippen LogP contribution in [0.2, 0.25) is 5.02 Å². The van der Waals surface area contributed by atoms with Crippen LogP contribution >= 0.6 is 43.5 Å². The van der Waals surface area contributed by atoms with Gasteiger partial charge >= 0.3 is 0 Å². The lowest BCUT2D eigenvalue weighted by Crippen LogP contribution is -2.02. The molecule has 21 heavy (non-hydrogen) atoms. The van der Waals surface area contributed by atoms with E-state index in [1.165, 1.54) is 0 Å². The van der Waals surface area contributed by atoms with Crippen LogP contribution in [0.4, 0.5) is 5.69 Å². The molecule has 4 nitrogen and oxygen atoms in total. The highest BCUT2D eigenvalue weighted by atomic mass is 79.9. The van der Waals surface area contributed by atoms with Crippen molar-refractivity contribution >= 4 is 60.2 Å². The van der Waals surface area contributed by atoms with Gasteiger partial charge in [-0.25, -0.2) is 0 Å².